The number of hydrogen-bond acceptors (Lipinski definition) is 6. The first kappa shape index (κ1) is 13.7. The van der Waals surface area contributed by atoms with Crippen LogP contribution in [0.3, 0.4) is 0 Å². The molecule has 3 N–H and O–H groups in total. The van der Waals surface area contributed by atoms with Crippen molar-refractivity contribution >= 4 is 27.4 Å². The highest BCUT2D eigenvalue weighted by Crippen LogP contribution is 2.33. The SMILES string of the molecule is Cc1sc2nc(COC3CCCC3)nc(NN)c2c1C. The minimum absolute atomic E-state index is 0.371. The van der Waals surface area contributed by atoms with Gasteiger partial charge in [-0.05, 0) is 32.3 Å². The first-order valence-electron chi connectivity index (χ1n) is 7.04. The Morgan fingerprint density at radius 2 is 2.05 bits per heavy atom. The van der Waals surface area contributed by atoms with Crippen LogP contribution >= 0.6 is 11.3 Å². The van der Waals surface area contributed by atoms with E-state index in [1.54, 1.807) is 11.3 Å². The minimum Gasteiger partial charge on any atom is -0.370 e. The van der Waals surface area contributed by atoms with Crippen molar-refractivity contribution in [1.82, 2.24) is 9.97 Å². The zero-order chi connectivity index (χ0) is 14.1. The number of aryl methyl sites for hydroxylation is 2. The van der Waals surface area contributed by atoms with Gasteiger partial charge in [0, 0.05) is 4.88 Å². The number of anilines is 1. The van der Waals surface area contributed by atoms with E-state index < -0.39 is 0 Å². The van der Waals surface area contributed by atoms with Crippen LogP contribution in [0.1, 0.15) is 41.9 Å². The van der Waals surface area contributed by atoms with E-state index in [0.717, 1.165) is 23.1 Å². The number of thiophene rings is 1. The summed E-state index contributed by atoms with van der Waals surface area (Å²) in [4.78, 5) is 11.3. The Kier molecular flexibility index (Phi) is 3.87. The molecule has 1 aliphatic rings. The van der Waals surface area contributed by atoms with Gasteiger partial charge in [-0.3, -0.25) is 0 Å². The summed E-state index contributed by atoms with van der Waals surface area (Å²) in [7, 11) is 0. The van der Waals surface area contributed by atoms with Gasteiger partial charge < -0.3 is 10.2 Å². The molecule has 2 aromatic heterocycles. The monoisotopic (exact) mass is 292 g/mol. The molecule has 6 heteroatoms. The molecule has 0 aromatic carbocycles. The normalized spacial score (nSPS) is 16.1. The predicted octanol–water partition coefficient (Wildman–Crippen LogP) is 3.05. The fourth-order valence-corrected chi connectivity index (χ4v) is 3.76. The number of hydrazine groups is 1. The number of aromatic nitrogens is 2. The molecule has 2 heterocycles. The topological polar surface area (TPSA) is 73.1 Å². The van der Waals surface area contributed by atoms with E-state index in [-0.39, 0.29) is 0 Å². The van der Waals surface area contributed by atoms with Gasteiger partial charge in [-0.25, -0.2) is 15.8 Å². The van der Waals surface area contributed by atoms with Gasteiger partial charge in [0.15, 0.2) is 11.6 Å². The van der Waals surface area contributed by atoms with Crippen LogP contribution in [0.4, 0.5) is 5.82 Å². The largest absolute Gasteiger partial charge is 0.370 e. The molecule has 2 aromatic rings. The van der Waals surface area contributed by atoms with Gasteiger partial charge in [-0.1, -0.05) is 12.8 Å². The molecule has 0 saturated heterocycles. The van der Waals surface area contributed by atoms with Gasteiger partial charge >= 0.3 is 0 Å². The van der Waals surface area contributed by atoms with E-state index >= 15 is 0 Å². The van der Waals surface area contributed by atoms with Crippen LogP contribution in [0.15, 0.2) is 0 Å². The van der Waals surface area contributed by atoms with E-state index in [1.165, 1.54) is 23.3 Å². The van der Waals surface area contributed by atoms with Crippen LogP contribution < -0.4 is 11.3 Å². The lowest BCUT2D eigenvalue weighted by Gasteiger charge is -2.11. The highest BCUT2D eigenvalue weighted by atomic mass is 32.1. The maximum Gasteiger partial charge on any atom is 0.158 e. The highest BCUT2D eigenvalue weighted by molar-refractivity contribution is 7.18. The fourth-order valence-electron chi connectivity index (χ4n) is 2.71. The van der Waals surface area contributed by atoms with Gasteiger partial charge in [0.2, 0.25) is 0 Å². The van der Waals surface area contributed by atoms with Gasteiger partial charge in [0.1, 0.15) is 11.4 Å². The first-order chi connectivity index (χ1) is 9.69. The van der Waals surface area contributed by atoms with Gasteiger partial charge in [0.05, 0.1) is 11.5 Å². The molecule has 108 valence electrons. The molecular formula is C14H20N4OS. The second kappa shape index (κ2) is 5.63. The van der Waals surface area contributed by atoms with Crippen molar-refractivity contribution in [3.63, 3.8) is 0 Å². The second-order valence-corrected chi connectivity index (χ2v) is 6.52. The third-order valence-corrected chi connectivity index (χ3v) is 5.06. The maximum absolute atomic E-state index is 5.89. The zero-order valence-electron chi connectivity index (χ0n) is 11.9. The molecule has 1 saturated carbocycles. The molecule has 0 amide bonds. The Balaban J connectivity index is 1.87. The quantitative estimate of drug-likeness (QED) is 0.669. The van der Waals surface area contributed by atoms with Crippen LogP contribution in [0.2, 0.25) is 0 Å². The van der Waals surface area contributed by atoms with Gasteiger partial charge in [-0.15, -0.1) is 11.3 Å². The van der Waals surface area contributed by atoms with Crippen LogP contribution in [-0.2, 0) is 11.3 Å². The van der Waals surface area contributed by atoms with Crippen LogP contribution in [0.5, 0.6) is 0 Å². The number of fused-ring (bicyclic) bond motifs is 1. The Labute approximate surface area is 122 Å². The zero-order valence-corrected chi connectivity index (χ0v) is 12.7. The summed E-state index contributed by atoms with van der Waals surface area (Å²) in [5.74, 6) is 7.01. The molecule has 0 atom stereocenters. The second-order valence-electron chi connectivity index (χ2n) is 5.31. The molecule has 0 aliphatic heterocycles. The lowest BCUT2D eigenvalue weighted by molar-refractivity contribution is 0.0419. The number of rotatable bonds is 4. The first-order valence-corrected chi connectivity index (χ1v) is 7.85. The molecule has 0 unspecified atom stereocenters. The van der Waals surface area contributed by atoms with Crippen molar-refractivity contribution in [3.8, 4) is 0 Å². The van der Waals surface area contributed by atoms with Crippen LogP contribution in [0, 0.1) is 13.8 Å². The molecule has 1 aliphatic carbocycles. The standard InChI is InChI=1S/C14H20N4OS/c1-8-9(2)20-14-12(8)13(18-15)16-11(17-14)7-19-10-5-3-4-6-10/h10H,3-7,15H2,1-2H3,(H,16,17,18). The summed E-state index contributed by atoms with van der Waals surface area (Å²) < 4.78 is 5.89. The average Bonchev–Trinajstić information content (AvgIpc) is 3.05. The van der Waals surface area contributed by atoms with E-state index in [2.05, 4.69) is 29.2 Å². The number of nitrogens with two attached hydrogens (primary N) is 1. The molecule has 3 rings (SSSR count). The molecule has 0 radical (unpaired) electrons. The lowest BCUT2D eigenvalue weighted by Crippen LogP contribution is -2.13. The van der Waals surface area contributed by atoms with E-state index in [4.69, 9.17) is 10.6 Å². The Bertz CT molecular complexity index is 619. The van der Waals surface area contributed by atoms with Crippen molar-refractivity contribution in [3.05, 3.63) is 16.3 Å². The smallest absolute Gasteiger partial charge is 0.158 e. The summed E-state index contributed by atoms with van der Waals surface area (Å²) in [6, 6.07) is 0. The van der Waals surface area contributed by atoms with E-state index in [0.29, 0.717) is 24.4 Å². The third-order valence-electron chi connectivity index (χ3n) is 3.96. The van der Waals surface area contributed by atoms with Crippen molar-refractivity contribution < 1.29 is 4.74 Å². The summed E-state index contributed by atoms with van der Waals surface area (Å²) >= 11 is 1.68. The summed E-state index contributed by atoms with van der Waals surface area (Å²) in [6.45, 7) is 4.63. The lowest BCUT2D eigenvalue weighted by atomic mass is 10.2. The number of hydrogen-bond donors (Lipinski definition) is 2. The van der Waals surface area contributed by atoms with Gasteiger partial charge in [0.25, 0.3) is 0 Å². The fraction of sp³-hybridized carbons (Fsp3) is 0.571. The minimum atomic E-state index is 0.371. The van der Waals surface area contributed by atoms with Crippen molar-refractivity contribution in [2.45, 2.75) is 52.2 Å². The summed E-state index contributed by atoms with van der Waals surface area (Å²) in [5.41, 5.74) is 3.89. The highest BCUT2D eigenvalue weighted by Gasteiger charge is 2.18. The molecule has 5 nitrogen and oxygen atoms in total. The maximum atomic E-state index is 5.89. The van der Waals surface area contributed by atoms with Crippen LogP contribution in [-0.4, -0.2) is 16.1 Å². The molecule has 0 bridgehead atoms. The number of nitrogens with zero attached hydrogens (tertiary/aromatic N) is 2. The Morgan fingerprint density at radius 3 is 2.75 bits per heavy atom. The number of nitrogens with one attached hydrogen (secondary N) is 1. The molecule has 1 fully saturated rings. The summed E-state index contributed by atoms with van der Waals surface area (Å²) in [5, 5.41) is 1.03. The van der Waals surface area contributed by atoms with E-state index in [9.17, 15) is 0 Å². The van der Waals surface area contributed by atoms with Gasteiger partial charge in [-0.2, -0.15) is 0 Å². The van der Waals surface area contributed by atoms with Crippen molar-refractivity contribution in [1.29, 1.82) is 0 Å². The third kappa shape index (κ3) is 2.51. The van der Waals surface area contributed by atoms with Crippen LogP contribution in [0.25, 0.3) is 10.2 Å². The van der Waals surface area contributed by atoms with Crippen molar-refractivity contribution in [2.75, 3.05) is 5.43 Å². The predicted molar refractivity (Wildman–Crippen MR) is 81.7 cm³/mol. The Hall–Kier alpha value is -1.24. The number of nitrogen functional groups attached to an aromatic ring is 1. The number of ether oxygens (including phenoxy) is 1. The van der Waals surface area contributed by atoms with E-state index in [1.807, 2.05) is 0 Å². The molecule has 0 spiro atoms. The average molecular weight is 292 g/mol. The van der Waals surface area contributed by atoms with Crippen molar-refractivity contribution in [2.24, 2.45) is 5.84 Å². The Morgan fingerprint density at radius 1 is 1.30 bits per heavy atom. The molecular weight excluding hydrogens is 272 g/mol. The molecule has 20 heavy (non-hydrogen) atoms. The summed E-state index contributed by atoms with van der Waals surface area (Å²) in [6.07, 6.45) is 5.21.